The van der Waals surface area contributed by atoms with E-state index in [2.05, 4.69) is 16.0 Å². The molecule has 0 atom stereocenters. The lowest BCUT2D eigenvalue weighted by molar-refractivity contribution is -0.124. The fourth-order valence-electron chi connectivity index (χ4n) is 2.72. The first-order valence-corrected chi connectivity index (χ1v) is 8.43. The van der Waals surface area contributed by atoms with Crippen LogP contribution < -0.4 is 10.1 Å². The zero-order chi connectivity index (χ0) is 17.8. The molecule has 0 fully saturated rings. The van der Waals surface area contributed by atoms with Gasteiger partial charge in [0.1, 0.15) is 11.6 Å². The molecule has 5 heteroatoms. The molecule has 0 saturated carbocycles. The molecule has 5 nitrogen and oxygen atoms in total. The SMILES string of the molecule is COc1ccc(Cn2c(CNC(=O)C(C)C)nc3ccccc32)cc1. The number of amides is 1. The van der Waals surface area contributed by atoms with Gasteiger partial charge < -0.3 is 14.6 Å². The van der Waals surface area contributed by atoms with Gasteiger partial charge in [0.15, 0.2) is 0 Å². The number of fused-ring (bicyclic) bond motifs is 1. The second kappa shape index (κ2) is 7.38. The van der Waals surface area contributed by atoms with Crippen molar-refractivity contribution in [3.8, 4) is 5.75 Å². The molecule has 0 aliphatic heterocycles. The minimum atomic E-state index is -0.0422. The molecule has 25 heavy (non-hydrogen) atoms. The van der Waals surface area contributed by atoms with Crippen LogP contribution in [0, 0.1) is 5.92 Å². The van der Waals surface area contributed by atoms with Crippen molar-refractivity contribution >= 4 is 16.9 Å². The van der Waals surface area contributed by atoms with Gasteiger partial charge in [-0.25, -0.2) is 4.98 Å². The number of imidazole rings is 1. The first kappa shape index (κ1) is 17.0. The lowest BCUT2D eigenvalue weighted by atomic mass is 10.2. The summed E-state index contributed by atoms with van der Waals surface area (Å²) in [6.07, 6.45) is 0. The maximum Gasteiger partial charge on any atom is 0.222 e. The van der Waals surface area contributed by atoms with Crippen molar-refractivity contribution in [3.05, 3.63) is 59.9 Å². The summed E-state index contributed by atoms with van der Waals surface area (Å²) in [5.41, 5.74) is 3.15. The first-order valence-electron chi connectivity index (χ1n) is 8.43. The third-order valence-corrected chi connectivity index (χ3v) is 4.18. The molecule has 0 saturated heterocycles. The van der Waals surface area contributed by atoms with Crippen molar-refractivity contribution < 1.29 is 9.53 Å². The Hall–Kier alpha value is -2.82. The molecule has 0 unspecified atom stereocenters. The Morgan fingerprint density at radius 2 is 1.88 bits per heavy atom. The van der Waals surface area contributed by atoms with E-state index in [-0.39, 0.29) is 11.8 Å². The van der Waals surface area contributed by atoms with E-state index >= 15 is 0 Å². The largest absolute Gasteiger partial charge is 0.497 e. The molecule has 3 aromatic rings. The van der Waals surface area contributed by atoms with Gasteiger partial charge >= 0.3 is 0 Å². The van der Waals surface area contributed by atoms with E-state index in [4.69, 9.17) is 9.72 Å². The number of rotatable bonds is 6. The Morgan fingerprint density at radius 3 is 2.56 bits per heavy atom. The highest BCUT2D eigenvalue weighted by Crippen LogP contribution is 2.19. The molecule has 1 heterocycles. The van der Waals surface area contributed by atoms with Crippen LogP contribution in [0.25, 0.3) is 11.0 Å². The maximum absolute atomic E-state index is 11.9. The summed E-state index contributed by atoms with van der Waals surface area (Å²) in [5.74, 6) is 1.68. The van der Waals surface area contributed by atoms with E-state index in [1.54, 1.807) is 7.11 Å². The summed E-state index contributed by atoms with van der Waals surface area (Å²) >= 11 is 0. The van der Waals surface area contributed by atoms with Crippen molar-refractivity contribution in [2.75, 3.05) is 7.11 Å². The molecule has 0 bridgehead atoms. The molecule has 130 valence electrons. The normalized spacial score (nSPS) is 11.0. The number of ether oxygens (including phenoxy) is 1. The predicted octanol–water partition coefficient (Wildman–Crippen LogP) is 3.37. The van der Waals surface area contributed by atoms with E-state index in [1.165, 1.54) is 0 Å². The molecule has 0 aliphatic rings. The molecule has 1 N–H and O–H groups in total. The average molecular weight is 337 g/mol. The van der Waals surface area contributed by atoms with Crippen molar-refractivity contribution in [1.29, 1.82) is 0 Å². The molecular formula is C20H23N3O2. The summed E-state index contributed by atoms with van der Waals surface area (Å²) in [6.45, 7) is 4.88. The number of hydrogen-bond donors (Lipinski definition) is 1. The second-order valence-corrected chi connectivity index (χ2v) is 6.32. The Kier molecular flexibility index (Phi) is 5.03. The Bertz CT molecular complexity index is 866. The van der Waals surface area contributed by atoms with Gasteiger partial charge in [-0.15, -0.1) is 0 Å². The standard InChI is InChI=1S/C20H23N3O2/c1-14(2)20(24)21-12-19-22-17-6-4-5-7-18(17)23(19)13-15-8-10-16(25-3)11-9-15/h4-11,14H,12-13H2,1-3H3,(H,21,24). The molecule has 1 aromatic heterocycles. The van der Waals surface area contributed by atoms with Crippen LogP contribution in [-0.2, 0) is 17.9 Å². The molecule has 0 radical (unpaired) electrons. The first-order chi connectivity index (χ1) is 12.1. The lowest BCUT2D eigenvalue weighted by Gasteiger charge is -2.12. The number of nitrogens with one attached hydrogen (secondary N) is 1. The number of nitrogens with zero attached hydrogens (tertiary/aromatic N) is 2. The van der Waals surface area contributed by atoms with Crippen molar-refractivity contribution in [2.45, 2.75) is 26.9 Å². The number of para-hydroxylation sites is 2. The monoisotopic (exact) mass is 337 g/mol. The summed E-state index contributed by atoms with van der Waals surface area (Å²) in [5, 5.41) is 2.96. The van der Waals surface area contributed by atoms with Crippen LogP contribution >= 0.6 is 0 Å². The van der Waals surface area contributed by atoms with Crippen LogP contribution in [0.2, 0.25) is 0 Å². The minimum Gasteiger partial charge on any atom is -0.497 e. The van der Waals surface area contributed by atoms with E-state index < -0.39 is 0 Å². The van der Waals surface area contributed by atoms with Gasteiger partial charge in [-0.2, -0.15) is 0 Å². The highest BCUT2D eigenvalue weighted by Gasteiger charge is 2.13. The van der Waals surface area contributed by atoms with Crippen molar-refractivity contribution in [2.24, 2.45) is 5.92 Å². The van der Waals surface area contributed by atoms with Crippen LogP contribution in [0.3, 0.4) is 0 Å². The highest BCUT2D eigenvalue weighted by atomic mass is 16.5. The second-order valence-electron chi connectivity index (χ2n) is 6.32. The minimum absolute atomic E-state index is 0.0306. The Balaban J connectivity index is 1.90. The third-order valence-electron chi connectivity index (χ3n) is 4.18. The summed E-state index contributed by atoms with van der Waals surface area (Å²) in [7, 11) is 1.66. The average Bonchev–Trinajstić information content (AvgIpc) is 2.98. The number of carbonyl (C=O) groups is 1. The van der Waals surface area contributed by atoms with E-state index in [1.807, 2.05) is 56.3 Å². The van der Waals surface area contributed by atoms with Gasteiger partial charge in [-0.05, 0) is 29.8 Å². The zero-order valence-electron chi connectivity index (χ0n) is 14.8. The van der Waals surface area contributed by atoms with Crippen LogP contribution in [-0.4, -0.2) is 22.6 Å². The summed E-state index contributed by atoms with van der Waals surface area (Å²) in [6, 6.07) is 16.0. The number of hydrogen-bond acceptors (Lipinski definition) is 3. The van der Waals surface area contributed by atoms with Crippen molar-refractivity contribution in [3.63, 3.8) is 0 Å². The maximum atomic E-state index is 11.9. The summed E-state index contributed by atoms with van der Waals surface area (Å²) < 4.78 is 7.37. The van der Waals surface area contributed by atoms with Gasteiger partial charge in [0.05, 0.1) is 24.7 Å². The van der Waals surface area contributed by atoms with Gasteiger partial charge in [-0.1, -0.05) is 38.1 Å². The quantitative estimate of drug-likeness (QED) is 0.750. The van der Waals surface area contributed by atoms with Gasteiger partial charge in [0.2, 0.25) is 5.91 Å². The molecular weight excluding hydrogens is 314 g/mol. The van der Waals surface area contributed by atoms with Crippen LogP contribution in [0.5, 0.6) is 5.75 Å². The van der Waals surface area contributed by atoms with Crippen LogP contribution in [0.15, 0.2) is 48.5 Å². The number of methoxy groups -OCH3 is 1. The molecule has 0 spiro atoms. The molecule has 1 amide bonds. The highest BCUT2D eigenvalue weighted by molar-refractivity contribution is 5.78. The van der Waals surface area contributed by atoms with Gasteiger partial charge in [0.25, 0.3) is 0 Å². The van der Waals surface area contributed by atoms with Gasteiger partial charge in [0, 0.05) is 12.5 Å². The number of carbonyl (C=O) groups excluding carboxylic acids is 1. The van der Waals surface area contributed by atoms with E-state index in [0.717, 1.165) is 28.2 Å². The fourth-order valence-corrected chi connectivity index (χ4v) is 2.72. The zero-order valence-corrected chi connectivity index (χ0v) is 14.8. The Morgan fingerprint density at radius 1 is 1.16 bits per heavy atom. The van der Waals surface area contributed by atoms with Crippen molar-refractivity contribution in [1.82, 2.24) is 14.9 Å². The summed E-state index contributed by atoms with van der Waals surface area (Å²) in [4.78, 5) is 16.6. The molecule has 2 aromatic carbocycles. The number of benzene rings is 2. The van der Waals surface area contributed by atoms with Crippen LogP contribution in [0.4, 0.5) is 0 Å². The predicted molar refractivity (Wildman–Crippen MR) is 98.5 cm³/mol. The molecule has 0 aliphatic carbocycles. The van der Waals surface area contributed by atoms with E-state index in [0.29, 0.717) is 13.1 Å². The smallest absolute Gasteiger partial charge is 0.222 e. The molecule has 3 rings (SSSR count). The van der Waals surface area contributed by atoms with Crippen LogP contribution in [0.1, 0.15) is 25.2 Å². The third kappa shape index (κ3) is 3.82. The van der Waals surface area contributed by atoms with Gasteiger partial charge in [-0.3, -0.25) is 4.79 Å². The van der Waals surface area contributed by atoms with E-state index in [9.17, 15) is 4.79 Å². The lowest BCUT2D eigenvalue weighted by Crippen LogP contribution is -2.28. The number of aromatic nitrogens is 2. The fraction of sp³-hybridized carbons (Fsp3) is 0.300. The Labute approximate surface area is 147 Å². The topological polar surface area (TPSA) is 56.1 Å².